The van der Waals surface area contributed by atoms with Crippen molar-refractivity contribution in [2.45, 2.75) is 0 Å². The number of imidazole rings is 1. The Kier molecular flexibility index (Phi) is 6.14. The van der Waals surface area contributed by atoms with Crippen LogP contribution in [0.3, 0.4) is 0 Å². The van der Waals surface area contributed by atoms with E-state index in [0.29, 0.717) is 5.89 Å². The quantitative estimate of drug-likeness (QED) is 0.176. The zero-order chi connectivity index (χ0) is 26.6. The van der Waals surface area contributed by atoms with Crippen LogP contribution in [0.2, 0.25) is 0 Å². The molecule has 0 atom stereocenters. The molecule has 0 radical (unpaired) electrons. The zero-order valence-corrected chi connectivity index (χ0v) is 24.1. The molecule has 41 heavy (non-hydrogen) atoms. The number of nitrogens with zero attached hydrogens (tertiary/aromatic N) is 5. The first-order valence-electron chi connectivity index (χ1n) is 13.0. The molecule has 0 unspecified atom stereocenters. The number of aromatic nitrogens is 5. The number of fused-ring (bicyclic) bond motifs is 4. The van der Waals surface area contributed by atoms with Gasteiger partial charge in [0.2, 0.25) is 5.89 Å². The first-order valence-corrected chi connectivity index (χ1v) is 13.0. The molecule has 0 amide bonds. The molecule has 0 aliphatic heterocycles. The number of pyridine rings is 1. The normalized spacial score (nSPS) is 11.3. The second kappa shape index (κ2) is 9.99. The number of hydrogen-bond donors (Lipinski definition) is 0. The Hall–Kier alpha value is -4.80. The minimum absolute atomic E-state index is 0. The van der Waals surface area contributed by atoms with Crippen LogP contribution in [0, 0.1) is 12.1 Å². The number of para-hydroxylation sites is 1. The van der Waals surface area contributed by atoms with Crippen LogP contribution in [0.1, 0.15) is 0 Å². The maximum Gasteiger partial charge on any atom is 2.00 e. The molecule has 6 nitrogen and oxygen atoms in total. The van der Waals surface area contributed by atoms with E-state index in [-0.39, 0.29) is 21.1 Å². The Balaban J connectivity index is 0.00000276. The Morgan fingerprint density at radius 3 is 2.49 bits per heavy atom. The fourth-order valence-corrected chi connectivity index (χ4v) is 5.46. The number of rotatable bonds is 4. The molecule has 0 fully saturated rings. The van der Waals surface area contributed by atoms with Crippen LogP contribution in [0.4, 0.5) is 0 Å². The van der Waals surface area contributed by atoms with Crippen molar-refractivity contribution in [3.63, 3.8) is 0 Å². The van der Waals surface area contributed by atoms with E-state index in [1.807, 2.05) is 43.4 Å². The number of aryl methyl sites for hydroxylation is 1. The molecule has 0 saturated carbocycles. The van der Waals surface area contributed by atoms with E-state index < -0.39 is 0 Å². The molecule has 0 bridgehead atoms. The van der Waals surface area contributed by atoms with Crippen molar-refractivity contribution >= 4 is 32.8 Å². The molecule has 7 heteroatoms. The van der Waals surface area contributed by atoms with Gasteiger partial charge in [-0.05, 0) is 52.6 Å². The van der Waals surface area contributed by atoms with Crippen molar-refractivity contribution in [1.29, 1.82) is 0 Å². The Labute approximate surface area is 250 Å². The van der Waals surface area contributed by atoms with E-state index in [1.165, 1.54) is 0 Å². The molecule has 0 spiro atoms. The van der Waals surface area contributed by atoms with Crippen LogP contribution < -0.4 is 0 Å². The fraction of sp³-hybridized carbons (Fsp3) is 0.0294. The maximum atomic E-state index is 5.51. The Morgan fingerprint density at radius 1 is 0.732 bits per heavy atom. The van der Waals surface area contributed by atoms with Crippen molar-refractivity contribution in [3.8, 4) is 39.8 Å². The predicted molar refractivity (Wildman–Crippen MR) is 157 cm³/mol. The molecule has 4 aromatic heterocycles. The molecular weight excluding hydrogens is 689 g/mol. The zero-order valence-electron chi connectivity index (χ0n) is 21.9. The van der Waals surface area contributed by atoms with E-state index in [1.54, 1.807) is 18.7 Å². The predicted octanol–water partition coefficient (Wildman–Crippen LogP) is 7.65. The summed E-state index contributed by atoms with van der Waals surface area (Å²) in [6.45, 7) is 0. The molecular formula is C34H21N5OPt. The standard InChI is InChI=1S/C34H21N5O.Pt/c1-38-32-21-24(34-36-17-18-40-34)13-15-29(32)37-33(38)23-12-14-27-26-9-2-3-11-30(26)39(31(27)20-23)25-8-6-7-22(19-25)28-10-4-5-16-35-28;/h2-18,21H,1H3;/q-2;+2. The van der Waals surface area contributed by atoms with Crippen LogP contribution in [0.15, 0.2) is 114 Å². The van der Waals surface area contributed by atoms with Gasteiger partial charge in [0.1, 0.15) is 6.26 Å². The Morgan fingerprint density at radius 2 is 1.63 bits per heavy atom. The number of benzene rings is 4. The van der Waals surface area contributed by atoms with Gasteiger partial charge in [0.25, 0.3) is 0 Å². The number of oxazole rings is 1. The smallest absolute Gasteiger partial charge is 0.445 e. The van der Waals surface area contributed by atoms with Crippen molar-refractivity contribution in [3.05, 3.63) is 122 Å². The summed E-state index contributed by atoms with van der Waals surface area (Å²) in [5.41, 5.74) is 8.55. The third-order valence-corrected chi connectivity index (χ3v) is 7.35. The van der Waals surface area contributed by atoms with Gasteiger partial charge in [-0.3, -0.25) is 4.98 Å². The van der Waals surface area contributed by atoms with Crippen LogP contribution in [0.5, 0.6) is 0 Å². The fourth-order valence-electron chi connectivity index (χ4n) is 5.46. The van der Waals surface area contributed by atoms with Crippen LogP contribution in [0.25, 0.3) is 72.6 Å². The maximum absolute atomic E-state index is 5.51. The monoisotopic (exact) mass is 710 g/mol. The van der Waals surface area contributed by atoms with Gasteiger partial charge in [-0.2, -0.15) is 0 Å². The van der Waals surface area contributed by atoms with Crippen LogP contribution >= 0.6 is 0 Å². The first kappa shape index (κ1) is 25.2. The molecule has 0 saturated heterocycles. The van der Waals surface area contributed by atoms with Gasteiger partial charge in [0, 0.05) is 24.3 Å². The van der Waals surface area contributed by atoms with Gasteiger partial charge in [-0.25, -0.2) is 4.98 Å². The van der Waals surface area contributed by atoms with Gasteiger partial charge in [-0.15, -0.1) is 53.6 Å². The van der Waals surface area contributed by atoms with E-state index in [0.717, 1.165) is 66.7 Å². The molecule has 4 aromatic carbocycles. The second-order valence-corrected chi connectivity index (χ2v) is 9.69. The van der Waals surface area contributed by atoms with Gasteiger partial charge < -0.3 is 18.5 Å². The summed E-state index contributed by atoms with van der Waals surface area (Å²) in [6.07, 6.45) is 5.04. The molecule has 8 aromatic rings. The molecule has 4 heterocycles. The van der Waals surface area contributed by atoms with Gasteiger partial charge >= 0.3 is 21.1 Å². The second-order valence-electron chi connectivity index (χ2n) is 9.69. The molecule has 0 aliphatic rings. The van der Waals surface area contributed by atoms with Crippen molar-refractivity contribution < 1.29 is 25.5 Å². The first-order chi connectivity index (χ1) is 19.7. The summed E-state index contributed by atoms with van der Waals surface area (Å²) in [7, 11) is 2.03. The van der Waals surface area contributed by atoms with Crippen molar-refractivity contribution in [2.24, 2.45) is 7.05 Å². The minimum Gasteiger partial charge on any atom is -0.445 e. The summed E-state index contributed by atoms with van der Waals surface area (Å²) < 4.78 is 9.84. The summed E-state index contributed by atoms with van der Waals surface area (Å²) in [5.74, 6) is 1.43. The summed E-state index contributed by atoms with van der Waals surface area (Å²) in [5, 5.41) is 2.29. The molecule has 198 valence electrons. The SMILES string of the molecule is Cn1c(-c2[c-]c3c(cc2)c2ccccc2n3-c2[c-]c(-c3ccccn3)ccc2)nc2ccc(-c3ncco3)cc21.[Pt+2]. The molecule has 8 rings (SSSR count). The van der Waals surface area contributed by atoms with Gasteiger partial charge in [0.15, 0.2) is 0 Å². The van der Waals surface area contributed by atoms with Crippen LogP contribution in [-0.4, -0.2) is 24.1 Å². The number of hydrogen-bond acceptors (Lipinski definition) is 4. The molecule has 0 aliphatic carbocycles. The van der Waals surface area contributed by atoms with E-state index in [2.05, 4.69) is 85.8 Å². The van der Waals surface area contributed by atoms with Crippen molar-refractivity contribution in [2.75, 3.05) is 0 Å². The summed E-state index contributed by atoms with van der Waals surface area (Å²) in [4.78, 5) is 13.8. The van der Waals surface area contributed by atoms with E-state index >= 15 is 0 Å². The average Bonchev–Trinajstić information content (AvgIpc) is 3.74. The van der Waals surface area contributed by atoms with E-state index in [4.69, 9.17) is 9.40 Å². The summed E-state index contributed by atoms with van der Waals surface area (Å²) >= 11 is 0. The third kappa shape index (κ3) is 4.11. The summed E-state index contributed by atoms with van der Waals surface area (Å²) in [6, 6.07) is 38.2. The molecule has 0 N–H and O–H groups in total. The van der Waals surface area contributed by atoms with Crippen LogP contribution in [-0.2, 0) is 28.1 Å². The minimum atomic E-state index is 0. The largest absolute Gasteiger partial charge is 2.00 e. The third-order valence-electron chi connectivity index (χ3n) is 7.35. The van der Waals surface area contributed by atoms with E-state index in [9.17, 15) is 0 Å². The van der Waals surface area contributed by atoms with Crippen molar-refractivity contribution in [1.82, 2.24) is 24.1 Å². The topological polar surface area (TPSA) is 61.7 Å². The van der Waals surface area contributed by atoms with Gasteiger partial charge in [0.05, 0.1) is 23.1 Å². The van der Waals surface area contributed by atoms with Gasteiger partial charge in [-0.1, -0.05) is 35.7 Å². The Bertz CT molecular complexity index is 2180. The average molecular weight is 711 g/mol.